The smallest absolute Gasteiger partial charge is 0.243 e. The largest absolute Gasteiger partial charge is 0.368 e. The molecule has 2 rings (SSSR count). The minimum atomic E-state index is -1.33. The van der Waals surface area contributed by atoms with E-state index in [0.717, 1.165) is 0 Å². The van der Waals surface area contributed by atoms with E-state index in [1.54, 1.807) is 42.5 Å². The molecule has 1 atom stereocenters. The maximum atomic E-state index is 13.6. The molecule has 0 aromatic heterocycles. The van der Waals surface area contributed by atoms with Crippen LogP contribution in [0, 0.1) is 5.82 Å². The zero-order chi connectivity index (χ0) is 14.6. The lowest BCUT2D eigenvalue weighted by Gasteiger charge is -2.26. The van der Waals surface area contributed by atoms with Crippen LogP contribution in [0.1, 0.15) is 5.56 Å². The number of rotatable bonds is 5. The van der Waals surface area contributed by atoms with E-state index in [2.05, 4.69) is 0 Å². The first kappa shape index (κ1) is 14.6. The fraction of sp³-hybridized carbons (Fsp3) is 0.133. The number of nitrogens with two attached hydrogens (primary N) is 2. The lowest BCUT2D eigenvalue weighted by Crippen LogP contribution is -2.51. The topological polar surface area (TPSA) is 69.1 Å². The van der Waals surface area contributed by atoms with Crippen LogP contribution in [0.15, 0.2) is 59.5 Å². The molecule has 1 amide bonds. The maximum absolute atomic E-state index is 13.6. The lowest BCUT2D eigenvalue weighted by molar-refractivity contribution is -0.122. The standard InChI is InChI=1S/C15H15FN2OS/c16-12-8-4-5-9-13(12)20-10-15(18,14(17)19)11-6-2-1-3-7-11/h1-9H,10,18H2,(H2,17,19). The zero-order valence-corrected chi connectivity index (χ0v) is 11.6. The monoisotopic (exact) mass is 290 g/mol. The van der Waals surface area contributed by atoms with E-state index in [1.807, 2.05) is 6.07 Å². The van der Waals surface area contributed by atoms with Crippen molar-refractivity contribution in [1.82, 2.24) is 0 Å². The average molecular weight is 290 g/mol. The normalized spacial score (nSPS) is 13.7. The lowest BCUT2D eigenvalue weighted by atomic mass is 9.92. The molecule has 0 aliphatic carbocycles. The summed E-state index contributed by atoms with van der Waals surface area (Å²) in [5.41, 5.74) is 10.9. The highest BCUT2D eigenvalue weighted by Crippen LogP contribution is 2.29. The third-order valence-corrected chi connectivity index (χ3v) is 4.26. The Kier molecular flexibility index (Phi) is 4.42. The van der Waals surface area contributed by atoms with Gasteiger partial charge in [0.05, 0.1) is 0 Å². The second kappa shape index (κ2) is 6.07. The minimum Gasteiger partial charge on any atom is -0.368 e. The Hall–Kier alpha value is -1.85. The van der Waals surface area contributed by atoms with Crippen LogP contribution in [0.25, 0.3) is 0 Å². The van der Waals surface area contributed by atoms with E-state index >= 15 is 0 Å². The summed E-state index contributed by atoms with van der Waals surface area (Å²) in [5, 5.41) is 0. The molecule has 5 heteroatoms. The highest BCUT2D eigenvalue weighted by atomic mass is 32.2. The zero-order valence-electron chi connectivity index (χ0n) is 10.8. The van der Waals surface area contributed by atoms with Crippen molar-refractivity contribution in [3.8, 4) is 0 Å². The molecule has 0 aliphatic rings. The number of primary amides is 1. The Labute approximate surface area is 121 Å². The molecule has 1 unspecified atom stereocenters. The molecule has 0 heterocycles. The van der Waals surface area contributed by atoms with Crippen LogP contribution in [0.4, 0.5) is 4.39 Å². The Morgan fingerprint density at radius 3 is 2.30 bits per heavy atom. The summed E-state index contributed by atoms with van der Waals surface area (Å²) in [7, 11) is 0. The van der Waals surface area contributed by atoms with Crippen LogP contribution >= 0.6 is 11.8 Å². The molecular weight excluding hydrogens is 275 g/mol. The van der Waals surface area contributed by atoms with Gasteiger partial charge in [-0.05, 0) is 17.7 Å². The molecule has 0 spiro atoms. The molecule has 2 aromatic rings. The molecule has 0 bridgehead atoms. The molecule has 0 fully saturated rings. The van der Waals surface area contributed by atoms with Crippen LogP contribution in [0.5, 0.6) is 0 Å². The summed E-state index contributed by atoms with van der Waals surface area (Å²) in [4.78, 5) is 12.2. The Balaban J connectivity index is 2.23. The second-order valence-electron chi connectivity index (χ2n) is 4.42. The van der Waals surface area contributed by atoms with Crippen LogP contribution in [-0.2, 0) is 10.3 Å². The van der Waals surface area contributed by atoms with Gasteiger partial charge in [-0.3, -0.25) is 4.79 Å². The predicted molar refractivity (Wildman–Crippen MR) is 78.6 cm³/mol. The molecule has 104 valence electrons. The van der Waals surface area contributed by atoms with E-state index in [-0.39, 0.29) is 11.6 Å². The Morgan fingerprint density at radius 1 is 1.10 bits per heavy atom. The van der Waals surface area contributed by atoms with Crippen molar-refractivity contribution in [3.63, 3.8) is 0 Å². The highest BCUT2D eigenvalue weighted by Gasteiger charge is 2.34. The minimum absolute atomic E-state index is 0.174. The van der Waals surface area contributed by atoms with Gasteiger partial charge in [0.15, 0.2) is 0 Å². The van der Waals surface area contributed by atoms with Crippen molar-refractivity contribution in [2.45, 2.75) is 10.4 Å². The first-order valence-electron chi connectivity index (χ1n) is 6.05. The summed E-state index contributed by atoms with van der Waals surface area (Å²) in [6.07, 6.45) is 0. The maximum Gasteiger partial charge on any atom is 0.243 e. The number of halogens is 1. The molecule has 0 saturated carbocycles. The Morgan fingerprint density at radius 2 is 1.70 bits per heavy atom. The van der Waals surface area contributed by atoms with Crippen molar-refractivity contribution >= 4 is 17.7 Å². The predicted octanol–water partition coefficient (Wildman–Crippen LogP) is 2.26. The van der Waals surface area contributed by atoms with Crippen LogP contribution in [0.2, 0.25) is 0 Å². The second-order valence-corrected chi connectivity index (χ2v) is 5.44. The highest BCUT2D eigenvalue weighted by molar-refractivity contribution is 7.99. The van der Waals surface area contributed by atoms with E-state index in [4.69, 9.17) is 11.5 Å². The third-order valence-electron chi connectivity index (χ3n) is 3.02. The number of thioether (sulfide) groups is 1. The summed E-state index contributed by atoms with van der Waals surface area (Å²) in [6.45, 7) is 0. The van der Waals surface area contributed by atoms with Crippen molar-refractivity contribution in [3.05, 3.63) is 66.0 Å². The molecular formula is C15H15FN2OS. The van der Waals surface area contributed by atoms with Crippen molar-refractivity contribution in [1.29, 1.82) is 0 Å². The number of hydrogen-bond acceptors (Lipinski definition) is 3. The fourth-order valence-electron chi connectivity index (χ4n) is 1.79. The van der Waals surface area contributed by atoms with E-state index in [0.29, 0.717) is 10.5 Å². The number of amides is 1. The fourth-order valence-corrected chi connectivity index (χ4v) is 2.86. The quantitative estimate of drug-likeness (QED) is 0.830. The first-order valence-corrected chi connectivity index (χ1v) is 7.04. The molecule has 4 N–H and O–H groups in total. The van der Waals surface area contributed by atoms with Gasteiger partial charge in [0.1, 0.15) is 11.4 Å². The van der Waals surface area contributed by atoms with Crippen LogP contribution in [-0.4, -0.2) is 11.7 Å². The number of hydrogen-bond donors (Lipinski definition) is 2. The van der Waals surface area contributed by atoms with Gasteiger partial charge in [0.25, 0.3) is 0 Å². The molecule has 2 aromatic carbocycles. The third kappa shape index (κ3) is 3.00. The van der Waals surface area contributed by atoms with Gasteiger partial charge >= 0.3 is 0 Å². The number of benzene rings is 2. The molecule has 0 aliphatic heterocycles. The van der Waals surface area contributed by atoms with E-state index in [9.17, 15) is 9.18 Å². The van der Waals surface area contributed by atoms with E-state index < -0.39 is 11.4 Å². The van der Waals surface area contributed by atoms with Gasteiger partial charge in [-0.2, -0.15) is 0 Å². The average Bonchev–Trinajstić information content (AvgIpc) is 2.47. The van der Waals surface area contributed by atoms with Gasteiger partial charge in [-0.15, -0.1) is 11.8 Å². The van der Waals surface area contributed by atoms with Crippen molar-refractivity contribution in [2.24, 2.45) is 11.5 Å². The Bertz CT molecular complexity index is 606. The van der Waals surface area contributed by atoms with Crippen molar-refractivity contribution in [2.75, 3.05) is 5.75 Å². The molecule has 3 nitrogen and oxygen atoms in total. The molecule has 0 radical (unpaired) electrons. The molecule has 0 saturated heterocycles. The summed E-state index contributed by atoms with van der Waals surface area (Å²) in [5.74, 6) is -0.794. The summed E-state index contributed by atoms with van der Waals surface area (Å²) in [6, 6.07) is 15.2. The van der Waals surface area contributed by atoms with Gasteiger partial charge in [-0.1, -0.05) is 42.5 Å². The van der Waals surface area contributed by atoms with Gasteiger partial charge < -0.3 is 11.5 Å². The van der Waals surface area contributed by atoms with Gasteiger partial charge in [0.2, 0.25) is 5.91 Å². The van der Waals surface area contributed by atoms with E-state index in [1.165, 1.54) is 17.8 Å². The first-order chi connectivity index (χ1) is 9.54. The van der Waals surface area contributed by atoms with Gasteiger partial charge in [-0.25, -0.2) is 4.39 Å². The SMILES string of the molecule is NC(=O)C(N)(CSc1ccccc1F)c1ccccc1. The van der Waals surface area contributed by atoms with Crippen molar-refractivity contribution < 1.29 is 9.18 Å². The van der Waals surface area contributed by atoms with Crippen LogP contribution in [0.3, 0.4) is 0 Å². The number of carbonyl (C=O) groups is 1. The number of carbonyl (C=O) groups excluding carboxylic acids is 1. The molecule has 20 heavy (non-hydrogen) atoms. The summed E-state index contributed by atoms with van der Waals surface area (Å²) < 4.78 is 13.6. The van der Waals surface area contributed by atoms with Crippen LogP contribution < -0.4 is 11.5 Å². The summed E-state index contributed by atoms with van der Waals surface area (Å²) >= 11 is 1.18. The van der Waals surface area contributed by atoms with Gasteiger partial charge in [0, 0.05) is 10.6 Å².